The van der Waals surface area contributed by atoms with E-state index >= 15 is 0 Å². The highest BCUT2D eigenvalue weighted by atomic mass is 16.5. The van der Waals surface area contributed by atoms with Gasteiger partial charge in [0.05, 0.1) is 24.3 Å². The summed E-state index contributed by atoms with van der Waals surface area (Å²) >= 11 is 0. The van der Waals surface area contributed by atoms with Crippen molar-refractivity contribution in [2.75, 3.05) is 25.1 Å². The Bertz CT molecular complexity index is 987. The molecular weight excluding hydrogens is 382 g/mol. The molecule has 30 heavy (non-hydrogen) atoms. The van der Waals surface area contributed by atoms with Gasteiger partial charge in [-0.2, -0.15) is 5.26 Å². The number of rotatable bonds is 4. The van der Waals surface area contributed by atoms with Crippen molar-refractivity contribution in [2.45, 2.75) is 32.0 Å². The van der Waals surface area contributed by atoms with Gasteiger partial charge in [-0.05, 0) is 61.9 Å². The fourth-order valence-corrected chi connectivity index (χ4v) is 4.55. The van der Waals surface area contributed by atoms with E-state index in [1.165, 1.54) is 7.11 Å². The maximum atomic E-state index is 11.8. The monoisotopic (exact) mass is 407 g/mol. The van der Waals surface area contributed by atoms with Gasteiger partial charge in [0, 0.05) is 18.8 Å². The fraction of sp³-hybridized carbons (Fsp3) is 0.435. The van der Waals surface area contributed by atoms with Crippen molar-refractivity contribution in [3.63, 3.8) is 0 Å². The van der Waals surface area contributed by atoms with Gasteiger partial charge in [0.15, 0.2) is 0 Å². The second-order valence-electron chi connectivity index (χ2n) is 8.08. The normalized spacial score (nSPS) is 25.3. The maximum absolute atomic E-state index is 11.8. The van der Waals surface area contributed by atoms with Crippen LogP contribution >= 0.6 is 0 Å². The first-order valence-corrected chi connectivity index (χ1v) is 10.1. The second-order valence-corrected chi connectivity index (χ2v) is 8.08. The predicted octanol–water partition coefficient (Wildman–Crippen LogP) is 2.70. The van der Waals surface area contributed by atoms with E-state index in [0.717, 1.165) is 24.6 Å². The smallest absolute Gasteiger partial charge is 0.337 e. The van der Waals surface area contributed by atoms with Gasteiger partial charge in [-0.25, -0.2) is 9.78 Å². The Hall–Kier alpha value is -3.11. The molecule has 1 aromatic carbocycles. The van der Waals surface area contributed by atoms with Crippen molar-refractivity contribution in [2.24, 2.45) is 11.8 Å². The van der Waals surface area contributed by atoms with E-state index in [0.29, 0.717) is 41.6 Å². The lowest BCUT2D eigenvalue weighted by Gasteiger charge is -2.35. The molecule has 0 unspecified atom stereocenters. The number of aryl methyl sites for hydroxylation is 1. The van der Waals surface area contributed by atoms with Gasteiger partial charge in [-0.3, -0.25) is 0 Å². The van der Waals surface area contributed by atoms with Crippen LogP contribution in [0.2, 0.25) is 0 Å². The lowest BCUT2D eigenvalue weighted by atomic mass is 9.78. The molecule has 1 saturated heterocycles. The van der Waals surface area contributed by atoms with Crippen LogP contribution in [0.5, 0.6) is 5.75 Å². The highest BCUT2D eigenvalue weighted by Gasteiger charge is 2.43. The Balaban J connectivity index is 1.47. The molecule has 2 aliphatic rings. The predicted molar refractivity (Wildman–Crippen MR) is 110 cm³/mol. The number of esters is 1. The van der Waals surface area contributed by atoms with Crippen molar-refractivity contribution >= 4 is 11.8 Å². The molecule has 2 aromatic rings. The summed E-state index contributed by atoms with van der Waals surface area (Å²) in [7, 11) is 1.34. The number of aromatic nitrogens is 1. The van der Waals surface area contributed by atoms with Gasteiger partial charge in [0.1, 0.15) is 23.7 Å². The van der Waals surface area contributed by atoms with Crippen LogP contribution in [0.25, 0.3) is 0 Å². The Morgan fingerprint density at radius 3 is 2.73 bits per heavy atom. The molecule has 7 nitrogen and oxygen atoms in total. The number of hydrogen-bond acceptors (Lipinski definition) is 7. The Labute approximate surface area is 175 Å². The Kier molecular flexibility index (Phi) is 5.60. The first-order chi connectivity index (χ1) is 14.5. The molecule has 0 amide bonds. The van der Waals surface area contributed by atoms with Crippen LogP contribution in [-0.2, 0) is 4.74 Å². The molecule has 1 aromatic heterocycles. The van der Waals surface area contributed by atoms with Crippen LogP contribution in [0.3, 0.4) is 0 Å². The van der Waals surface area contributed by atoms with Crippen LogP contribution < -0.4 is 9.64 Å². The number of nitriles is 1. The van der Waals surface area contributed by atoms with Gasteiger partial charge in [0.25, 0.3) is 0 Å². The molecule has 1 saturated carbocycles. The number of aliphatic hydroxyl groups is 1. The third-order valence-corrected chi connectivity index (χ3v) is 6.06. The van der Waals surface area contributed by atoms with E-state index in [-0.39, 0.29) is 6.10 Å². The van der Waals surface area contributed by atoms with Crippen molar-refractivity contribution in [3.05, 3.63) is 53.2 Å². The summed E-state index contributed by atoms with van der Waals surface area (Å²) in [5, 5.41) is 20.1. The molecule has 4 atom stereocenters. The highest BCUT2D eigenvalue weighted by molar-refractivity contribution is 5.89. The molecule has 1 N–H and O–H groups in total. The van der Waals surface area contributed by atoms with Gasteiger partial charge in [-0.1, -0.05) is 6.07 Å². The first-order valence-electron chi connectivity index (χ1n) is 10.1. The molecule has 2 fully saturated rings. The van der Waals surface area contributed by atoms with Crippen molar-refractivity contribution in [1.29, 1.82) is 5.26 Å². The summed E-state index contributed by atoms with van der Waals surface area (Å²) < 4.78 is 10.8. The lowest BCUT2D eigenvalue weighted by molar-refractivity contribution is -0.0231. The zero-order valence-electron chi connectivity index (χ0n) is 17.1. The third kappa shape index (κ3) is 3.96. The molecule has 2 heterocycles. The van der Waals surface area contributed by atoms with Crippen molar-refractivity contribution in [3.8, 4) is 11.8 Å². The van der Waals surface area contributed by atoms with Gasteiger partial charge >= 0.3 is 5.97 Å². The minimum absolute atomic E-state index is 0.329. The van der Waals surface area contributed by atoms with Gasteiger partial charge < -0.3 is 19.5 Å². The molecule has 1 aliphatic carbocycles. The molecule has 4 rings (SSSR count). The molecule has 0 bridgehead atoms. The minimum Gasteiger partial charge on any atom is -0.488 e. The van der Waals surface area contributed by atoms with Crippen LogP contribution in [0.15, 0.2) is 36.4 Å². The summed E-state index contributed by atoms with van der Waals surface area (Å²) in [5.41, 5.74) is 1.87. The molecule has 1 aliphatic heterocycles. The van der Waals surface area contributed by atoms with Crippen LogP contribution in [0.1, 0.15) is 34.5 Å². The fourth-order valence-electron chi connectivity index (χ4n) is 4.55. The maximum Gasteiger partial charge on any atom is 0.337 e. The summed E-state index contributed by atoms with van der Waals surface area (Å²) in [5.74, 6) is 1.52. The average Bonchev–Trinajstić information content (AvgIpc) is 3.16. The highest BCUT2D eigenvalue weighted by Crippen LogP contribution is 2.40. The number of aliphatic hydroxyl groups excluding tert-OH is 1. The first kappa shape index (κ1) is 20.2. The number of carbonyl (C=O) groups is 1. The molecule has 0 radical (unpaired) electrons. The summed E-state index contributed by atoms with van der Waals surface area (Å²) in [6.07, 6.45) is 0.406. The zero-order chi connectivity index (χ0) is 21.3. The van der Waals surface area contributed by atoms with E-state index in [2.05, 4.69) is 16.0 Å². The molecular formula is C23H25N3O4. The van der Waals surface area contributed by atoms with Crippen LogP contribution in [0, 0.1) is 30.1 Å². The van der Waals surface area contributed by atoms with Crippen LogP contribution in [0.4, 0.5) is 5.82 Å². The standard InChI is InChI=1S/C23H25N3O4/c1-14-6-7-16(11-24)22(25-14)26-12-17-9-20(27)21(10-18(17)13-26)30-19-5-3-4-15(8-19)23(28)29-2/h3-8,17-18,20-21,27H,9-10,12-13H2,1-2H3/t17-,18+,20+,21+/m0/s1. The van der Waals surface area contributed by atoms with Gasteiger partial charge in [0.2, 0.25) is 0 Å². The van der Waals surface area contributed by atoms with E-state index in [9.17, 15) is 15.2 Å². The van der Waals surface area contributed by atoms with Crippen molar-refractivity contribution in [1.82, 2.24) is 4.98 Å². The summed E-state index contributed by atoms with van der Waals surface area (Å²) in [6, 6.07) is 12.7. The number of pyridine rings is 1. The molecule has 156 valence electrons. The summed E-state index contributed by atoms with van der Waals surface area (Å²) in [4.78, 5) is 18.5. The molecule has 0 spiro atoms. The Morgan fingerprint density at radius 1 is 1.23 bits per heavy atom. The quantitative estimate of drug-likeness (QED) is 0.779. The average molecular weight is 407 g/mol. The number of fused-ring (bicyclic) bond motifs is 1. The van der Waals surface area contributed by atoms with Crippen molar-refractivity contribution < 1.29 is 19.4 Å². The van der Waals surface area contributed by atoms with E-state index in [4.69, 9.17) is 9.47 Å². The number of anilines is 1. The van der Waals surface area contributed by atoms with E-state index in [1.807, 2.05) is 19.1 Å². The number of nitrogens with zero attached hydrogens (tertiary/aromatic N) is 3. The third-order valence-electron chi connectivity index (χ3n) is 6.06. The number of ether oxygens (including phenoxy) is 2. The Morgan fingerprint density at radius 2 is 2.00 bits per heavy atom. The van der Waals surface area contributed by atoms with E-state index < -0.39 is 12.1 Å². The summed E-state index contributed by atoms with van der Waals surface area (Å²) in [6.45, 7) is 3.48. The molecule has 7 heteroatoms. The minimum atomic E-state index is -0.589. The zero-order valence-corrected chi connectivity index (χ0v) is 17.1. The SMILES string of the molecule is COC(=O)c1cccc(O[C@@H]2C[C@@H]3CN(c4nc(C)ccc4C#N)C[C@@H]3C[C@H]2O)c1. The number of hydrogen-bond donors (Lipinski definition) is 1. The van der Waals surface area contributed by atoms with Gasteiger partial charge in [-0.15, -0.1) is 0 Å². The van der Waals surface area contributed by atoms with Crippen LogP contribution in [-0.4, -0.2) is 48.5 Å². The second kappa shape index (κ2) is 8.33. The largest absolute Gasteiger partial charge is 0.488 e. The number of methoxy groups -OCH3 is 1. The number of carbonyl (C=O) groups excluding carboxylic acids is 1. The number of benzene rings is 1. The van der Waals surface area contributed by atoms with E-state index in [1.54, 1.807) is 24.3 Å². The topological polar surface area (TPSA) is 95.7 Å². The lowest BCUT2D eigenvalue weighted by Crippen LogP contribution is -2.42.